The highest BCUT2D eigenvalue weighted by Crippen LogP contribution is 2.24. The number of carbonyl (C=O) groups is 1. The molecule has 160 valence electrons. The number of carbonyl (C=O) groups excluding carboxylic acids is 1. The molecule has 3 aromatic rings. The lowest BCUT2D eigenvalue weighted by Gasteiger charge is -2.17. The van der Waals surface area contributed by atoms with Crippen molar-refractivity contribution in [2.75, 3.05) is 6.61 Å². The van der Waals surface area contributed by atoms with Crippen LogP contribution in [-0.2, 0) is 11.3 Å². The van der Waals surface area contributed by atoms with E-state index in [1.165, 1.54) is 24.7 Å². The zero-order valence-electron chi connectivity index (χ0n) is 15.7. The van der Waals surface area contributed by atoms with Crippen LogP contribution in [0.15, 0.2) is 42.9 Å². The van der Waals surface area contributed by atoms with Gasteiger partial charge in [-0.1, -0.05) is 23.7 Å². The third kappa shape index (κ3) is 4.99. The molecule has 0 fully saturated rings. The summed E-state index contributed by atoms with van der Waals surface area (Å²) in [6.45, 7) is 0.214. The summed E-state index contributed by atoms with van der Waals surface area (Å²) in [4.78, 5) is 20.4. The molecule has 0 aliphatic rings. The molecule has 0 saturated carbocycles. The number of para-hydroxylation sites is 1. The zero-order valence-corrected chi connectivity index (χ0v) is 16.4. The largest absolute Gasteiger partial charge is 0.471 e. The number of aromatic nitrogens is 3. The Bertz CT molecular complexity index is 1030. The van der Waals surface area contributed by atoms with E-state index in [1.807, 2.05) is 0 Å². The second kappa shape index (κ2) is 8.86. The van der Waals surface area contributed by atoms with Crippen molar-refractivity contribution in [2.45, 2.75) is 31.9 Å². The maximum Gasteiger partial charge on any atom is 0.340 e. The van der Waals surface area contributed by atoms with Crippen molar-refractivity contribution in [3.8, 4) is 5.88 Å². The van der Waals surface area contributed by atoms with Gasteiger partial charge in [0.15, 0.2) is 6.61 Å². The van der Waals surface area contributed by atoms with E-state index < -0.39 is 25.0 Å². The number of nitrogens with one attached hydrogen (secondary N) is 1. The van der Waals surface area contributed by atoms with Crippen LogP contribution in [0, 0.1) is 0 Å². The van der Waals surface area contributed by atoms with Crippen molar-refractivity contribution in [3.63, 3.8) is 0 Å². The summed E-state index contributed by atoms with van der Waals surface area (Å²) >= 11 is 6.17. The normalized spacial score (nSPS) is 12.9. The second-order valence-corrected chi connectivity index (χ2v) is 6.96. The molecule has 0 aliphatic carbocycles. The predicted molar refractivity (Wildman–Crippen MR) is 102 cm³/mol. The van der Waals surface area contributed by atoms with Crippen LogP contribution < -0.4 is 10.1 Å². The quantitative estimate of drug-likeness (QED) is 0.528. The Morgan fingerprint density at radius 3 is 2.70 bits per heavy atom. The van der Waals surface area contributed by atoms with E-state index in [0.717, 1.165) is 0 Å². The van der Waals surface area contributed by atoms with Crippen LogP contribution in [0.4, 0.5) is 17.6 Å². The summed E-state index contributed by atoms with van der Waals surface area (Å²) in [5, 5.41) is 3.25. The topological polar surface area (TPSA) is 69.0 Å². The van der Waals surface area contributed by atoms with Crippen molar-refractivity contribution in [1.82, 2.24) is 19.9 Å². The first-order valence-corrected chi connectivity index (χ1v) is 9.18. The lowest BCUT2D eigenvalue weighted by molar-refractivity contribution is -0.148. The van der Waals surface area contributed by atoms with Gasteiger partial charge in [-0.05, 0) is 24.6 Å². The number of ether oxygens (including phenoxy) is 1. The molecule has 0 aliphatic heterocycles. The molecule has 30 heavy (non-hydrogen) atoms. The van der Waals surface area contributed by atoms with E-state index in [-0.39, 0.29) is 18.3 Å². The number of rotatable bonds is 8. The highest BCUT2D eigenvalue weighted by Gasteiger charge is 2.41. The molecule has 1 N–H and O–H groups in total. The highest BCUT2D eigenvalue weighted by atomic mass is 35.5. The predicted octanol–water partition coefficient (Wildman–Crippen LogP) is 4.24. The molecular formula is C19H17ClF4N4O2. The molecule has 2 aromatic heterocycles. The van der Waals surface area contributed by atoms with Gasteiger partial charge in [0.25, 0.3) is 0 Å². The maximum absolute atomic E-state index is 12.9. The minimum absolute atomic E-state index is 0.0120. The van der Waals surface area contributed by atoms with Gasteiger partial charge >= 0.3 is 12.3 Å². The summed E-state index contributed by atoms with van der Waals surface area (Å²) in [5.74, 6) is -4.79. The van der Waals surface area contributed by atoms with Gasteiger partial charge in [0.1, 0.15) is 6.54 Å². The van der Waals surface area contributed by atoms with Crippen LogP contribution in [-0.4, -0.2) is 39.4 Å². The van der Waals surface area contributed by atoms with Crippen molar-refractivity contribution in [2.24, 2.45) is 0 Å². The monoisotopic (exact) mass is 444 g/mol. The molecule has 11 heteroatoms. The van der Waals surface area contributed by atoms with Gasteiger partial charge in [-0.25, -0.2) is 18.7 Å². The average molecular weight is 445 g/mol. The number of fused-ring (bicyclic) bond motifs is 1. The minimum Gasteiger partial charge on any atom is -0.471 e. The molecule has 2 heterocycles. The summed E-state index contributed by atoms with van der Waals surface area (Å²) in [6, 6.07) is 7.56. The highest BCUT2D eigenvalue weighted by molar-refractivity contribution is 6.35. The van der Waals surface area contributed by atoms with Crippen LogP contribution in [0.25, 0.3) is 11.0 Å². The van der Waals surface area contributed by atoms with Gasteiger partial charge < -0.3 is 14.6 Å². The Morgan fingerprint density at radius 1 is 1.27 bits per heavy atom. The molecule has 6 nitrogen and oxygen atoms in total. The number of amides is 1. The van der Waals surface area contributed by atoms with E-state index in [1.54, 1.807) is 29.7 Å². The van der Waals surface area contributed by atoms with Crippen LogP contribution in [0.1, 0.15) is 18.5 Å². The number of pyridine rings is 1. The van der Waals surface area contributed by atoms with E-state index in [2.05, 4.69) is 20.0 Å². The van der Waals surface area contributed by atoms with E-state index in [9.17, 15) is 22.4 Å². The van der Waals surface area contributed by atoms with Crippen LogP contribution in [0.3, 0.4) is 0 Å². The number of nitrogens with zero attached hydrogens (tertiary/aromatic N) is 3. The summed E-state index contributed by atoms with van der Waals surface area (Å²) in [6.07, 6.45) is -0.997. The Morgan fingerprint density at radius 2 is 2.03 bits per heavy atom. The van der Waals surface area contributed by atoms with Gasteiger partial charge in [-0.15, -0.1) is 0 Å². The molecule has 1 unspecified atom stereocenters. The Hall–Kier alpha value is -2.88. The molecule has 0 radical (unpaired) electrons. The molecule has 0 bridgehead atoms. The van der Waals surface area contributed by atoms with Gasteiger partial charge in [-0.3, -0.25) is 4.79 Å². The first-order chi connectivity index (χ1) is 14.2. The lowest BCUT2D eigenvalue weighted by atomic mass is 10.1. The molecule has 0 saturated heterocycles. The van der Waals surface area contributed by atoms with Crippen LogP contribution >= 0.6 is 11.6 Å². The van der Waals surface area contributed by atoms with Crippen molar-refractivity contribution in [1.29, 1.82) is 0 Å². The number of benzene rings is 1. The number of hydrogen-bond donors (Lipinski definition) is 1. The summed E-state index contributed by atoms with van der Waals surface area (Å²) in [7, 11) is 0. The van der Waals surface area contributed by atoms with E-state index >= 15 is 0 Å². The fourth-order valence-electron chi connectivity index (χ4n) is 2.69. The van der Waals surface area contributed by atoms with Gasteiger partial charge in [0.05, 0.1) is 28.4 Å². The maximum atomic E-state index is 12.9. The Balaban J connectivity index is 1.59. The molecule has 1 atom stereocenters. The van der Waals surface area contributed by atoms with Gasteiger partial charge in [0, 0.05) is 12.3 Å². The molecule has 1 aromatic carbocycles. The van der Waals surface area contributed by atoms with Crippen LogP contribution in [0.5, 0.6) is 5.88 Å². The van der Waals surface area contributed by atoms with Gasteiger partial charge in [0.2, 0.25) is 11.8 Å². The third-order valence-corrected chi connectivity index (χ3v) is 4.58. The second-order valence-electron chi connectivity index (χ2n) is 6.55. The molecule has 1 amide bonds. The first kappa shape index (κ1) is 21.8. The van der Waals surface area contributed by atoms with Crippen molar-refractivity contribution < 1.29 is 27.1 Å². The summed E-state index contributed by atoms with van der Waals surface area (Å²) < 4.78 is 56.3. The zero-order chi connectivity index (χ0) is 21.9. The number of alkyl halides is 4. The van der Waals surface area contributed by atoms with Crippen molar-refractivity contribution in [3.05, 3.63) is 53.4 Å². The standard InChI is InChI=1S/C19H17ClF4N4O2/c1-11(12-5-6-16(25-7-12)30-9-19(23,24)18(21)22)27-15(29)8-28-10-26-14-4-2-3-13(20)17(14)28/h2-7,10-11,18H,8-9H2,1H3,(H,27,29). The van der Waals surface area contributed by atoms with E-state index in [0.29, 0.717) is 21.6 Å². The van der Waals surface area contributed by atoms with E-state index in [4.69, 9.17) is 11.6 Å². The third-order valence-electron chi connectivity index (χ3n) is 4.27. The minimum atomic E-state index is -4.26. The SMILES string of the molecule is CC(NC(=O)Cn1cnc2cccc(Cl)c21)c1ccc(OCC(F)(F)C(F)F)nc1. The number of halogens is 5. The van der Waals surface area contributed by atoms with Crippen molar-refractivity contribution >= 4 is 28.5 Å². The fraction of sp³-hybridized carbons (Fsp3) is 0.316. The Kier molecular flexibility index (Phi) is 6.45. The molecular weight excluding hydrogens is 428 g/mol. The number of imidazole rings is 1. The average Bonchev–Trinajstić information content (AvgIpc) is 3.10. The number of hydrogen-bond acceptors (Lipinski definition) is 4. The summed E-state index contributed by atoms with van der Waals surface area (Å²) in [5.41, 5.74) is 1.89. The molecule has 0 spiro atoms. The first-order valence-electron chi connectivity index (χ1n) is 8.81. The fourth-order valence-corrected chi connectivity index (χ4v) is 2.97. The Labute approximate surface area is 173 Å². The van der Waals surface area contributed by atoms with Gasteiger partial charge in [-0.2, -0.15) is 8.78 Å². The smallest absolute Gasteiger partial charge is 0.340 e. The lowest BCUT2D eigenvalue weighted by Crippen LogP contribution is -2.34. The molecule has 3 rings (SSSR count). The van der Waals surface area contributed by atoms with Crippen LogP contribution in [0.2, 0.25) is 5.02 Å².